The fraction of sp³-hybridized carbons (Fsp3) is 0.611. The molecule has 25 heavy (non-hydrogen) atoms. The van der Waals surface area contributed by atoms with E-state index in [4.69, 9.17) is 14.2 Å². The SMILES string of the molecule is COC(=O)[C@H]1C(=O)c2c([nH]c(C(=O)OC[C@H]3CCCO3)c2C)C[C@@H]1C. The van der Waals surface area contributed by atoms with Crippen molar-refractivity contribution in [3.8, 4) is 0 Å². The molecule has 0 spiro atoms. The van der Waals surface area contributed by atoms with Crippen molar-refractivity contribution >= 4 is 17.7 Å². The normalized spacial score (nSPS) is 25.6. The molecule has 1 N–H and O–H groups in total. The van der Waals surface area contributed by atoms with E-state index in [0.717, 1.165) is 12.8 Å². The first-order valence-electron chi connectivity index (χ1n) is 8.56. The van der Waals surface area contributed by atoms with Crippen LogP contribution in [0.2, 0.25) is 0 Å². The van der Waals surface area contributed by atoms with Crippen LogP contribution >= 0.6 is 0 Å². The Kier molecular flexibility index (Phi) is 4.94. The van der Waals surface area contributed by atoms with Gasteiger partial charge in [0.05, 0.1) is 13.2 Å². The molecule has 3 rings (SSSR count). The van der Waals surface area contributed by atoms with Gasteiger partial charge in [0.25, 0.3) is 0 Å². The summed E-state index contributed by atoms with van der Waals surface area (Å²) in [6.45, 7) is 4.42. The van der Waals surface area contributed by atoms with Crippen molar-refractivity contribution in [3.63, 3.8) is 0 Å². The molecule has 1 saturated heterocycles. The molecule has 136 valence electrons. The van der Waals surface area contributed by atoms with Gasteiger partial charge in [-0.15, -0.1) is 0 Å². The van der Waals surface area contributed by atoms with E-state index in [1.54, 1.807) is 6.92 Å². The van der Waals surface area contributed by atoms with Crippen LogP contribution in [0.3, 0.4) is 0 Å². The van der Waals surface area contributed by atoms with Crippen LogP contribution in [0.5, 0.6) is 0 Å². The summed E-state index contributed by atoms with van der Waals surface area (Å²) in [5.41, 5.74) is 1.89. The lowest BCUT2D eigenvalue weighted by Gasteiger charge is -2.25. The van der Waals surface area contributed by atoms with Crippen LogP contribution in [0.4, 0.5) is 0 Å². The van der Waals surface area contributed by atoms with Gasteiger partial charge in [-0.3, -0.25) is 9.59 Å². The number of nitrogens with one attached hydrogen (secondary N) is 1. The summed E-state index contributed by atoms with van der Waals surface area (Å²) in [5, 5.41) is 0. The first-order valence-corrected chi connectivity index (χ1v) is 8.56. The van der Waals surface area contributed by atoms with Crippen molar-refractivity contribution in [1.82, 2.24) is 4.98 Å². The number of carbonyl (C=O) groups is 3. The topological polar surface area (TPSA) is 94.7 Å². The molecule has 2 heterocycles. The molecule has 0 radical (unpaired) electrons. The van der Waals surface area contributed by atoms with Gasteiger partial charge < -0.3 is 19.2 Å². The molecule has 1 aromatic rings. The molecule has 7 heteroatoms. The van der Waals surface area contributed by atoms with Crippen molar-refractivity contribution in [2.24, 2.45) is 11.8 Å². The van der Waals surface area contributed by atoms with Crippen LogP contribution in [0.25, 0.3) is 0 Å². The maximum Gasteiger partial charge on any atom is 0.355 e. The number of aromatic nitrogens is 1. The van der Waals surface area contributed by atoms with Gasteiger partial charge in [-0.2, -0.15) is 0 Å². The van der Waals surface area contributed by atoms with Gasteiger partial charge in [-0.25, -0.2) is 4.79 Å². The number of fused-ring (bicyclic) bond motifs is 1. The summed E-state index contributed by atoms with van der Waals surface area (Å²) in [6, 6.07) is 0. The molecule has 2 aliphatic rings. The Morgan fingerprint density at radius 3 is 2.76 bits per heavy atom. The average Bonchev–Trinajstić information content (AvgIpc) is 3.20. The Balaban J connectivity index is 1.80. The number of hydrogen-bond donors (Lipinski definition) is 1. The number of hydrogen-bond acceptors (Lipinski definition) is 6. The minimum absolute atomic E-state index is 0.0563. The van der Waals surface area contributed by atoms with Crippen LogP contribution in [0, 0.1) is 18.8 Å². The van der Waals surface area contributed by atoms with E-state index in [-0.39, 0.29) is 30.1 Å². The zero-order chi connectivity index (χ0) is 18.1. The maximum absolute atomic E-state index is 12.8. The van der Waals surface area contributed by atoms with E-state index in [1.807, 2.05) is 6.92 Å². The summed E-state index contributed by atoms with van der Waals surface area (Å²) in [7, 11) is 1.27. The molecule has 1 aromatic heterocycles. The number of esters is 2. The number of ether oxygens (including phenoxy) is 3. The average molecular weight is 349 g/mol. The maximum atomic E-state index is 12.8. The quantitative estimate of drug-likeness (QED) is 0.658. The van der Waals surface area contributed by atoms with Gasteiger partial charge in [0.15, 0.2) is 5.78 Å². The van der Waals surface area contributed by atoms with Gasteiger partial charge >= 0.3 is 11.9 Å². The van der Waals surface area contributed by atoms with E-state index in [0.29, 0.717) is 29.8 Å². The van der Waals surface area contributed by atoms with Crippen molar-refractivity contribution in [1.29, 1.82) is 0 Å². The van der Waals surface area contributed by atoms with E-state index >= 15 is 0 Å². The Bertz CT molecular complexity index is 701. The van der Waals surface area contributed by atoms with Gasteiger partial charge in [-0.1, -0.05) is 6.92 Å². The molecule has 1 aliphatic heterocycles. The number of H-pyrrole nitrogens is 1. The molecular formula is C18H23NO6. The summed E-state index contributed by atoms with van der Waals surface area (Å²) in [6.07, 6.45) is 2.30. The van der Waals surface area contributed by atoms with Crippen LogP contribution in [0.15, 0.2) is 0 Å². The van der Waals surface area contributed by atoms with E-state index in [2.05, 4.69) is 4.98 Å². The van der Waals surface area contributed by atoms with Gasteiger partial charge in [0.2, 0.25) is 0 Å². The van der Waals surface area contributed by atoms with Crippen molar-refractivity contribution in [2.75, 3.05) is 20.3 Å². The lowest BCUT2D eigenvalue weighted by molar-refractivity contribution is -0.145. The summed E-state index contributed by atoms with van der Waals surface area (Å²) < 4.78 is 15.5. The molecule has 3 atom stereocenters. The lowest BCUT2D eigenvalue weighted by atomic mass is 9.77. The minimum atomic E-state index is -0.831. The van der Waals surface area contributed by atoms with Gasteiger partial charge in [-0.05, 0) is 37.7 Å². The lowest BCUT2D eigenvalue weighted by Crippen LogP contribution is -2.36. The summed E-state index contributed by atoms with van der Waals surface area (Å²) in [5.74, 6) is -2.36. The summed E-state index contributed by atoms with van der Waals surface area (Å²) in [4.78, 5) is 40.1. The number of methoxy groups -OCH3 is 1. The van der Waals surface area contributed by atoms with Crippen LogP contribution in [0.1, 0.15) is 51.9 Å². The summed E-state index contributed by atoms with van der Waals surface area (Å²) >= 11 is 0. The molecule has 0 unspecified atom stereocenters. The van der Waals surface area contributed by atoms with E-state index in [1.165, 1.54) is 7.11 Å². The fourth-order valence-electron chi connectivity index (χ4n) is 3.69. The molecular weight excluding hydrogens is 326 g/mol. The molecule has 0 bridgehead atoms. The standard InChI is InChI=1S/C18H23NO6/c1-9-7-12-14(16(20)13(9)17(21)23-3)10(2)15(19-12)18(22)25-8-11-5-4-6-24-11/h9,11,13,19H,4-8H2,1-3H3/t9-,11+,13+/m0/s1. The third-order valence-corrected chi connectivity index (χ3v) is 5.04. The fourth-order valence-corrected chi connectivity index (χ4v) is 3.69. The smallest absolute Gasteiger partial charge is 0.355 e. The second-order valence-electron chi connectivity index (χ2n) is 6.76. The molecule has 1 aliphatic carbocycles. The van der Waals surface area contributed by atoms with Crippen LogP contribution in [-0.4, -0.2) is 49.1 Å². The molecule has 0 saturated carbocycles. The number of aromatic amines is 1. The molecule has 0 amide bonds. The Labute approximate surface area is 146 Å². The number of Topliss-reactive ketones (excluding diaryl/α,β-unsaturated/α-hetero) is 1. The predicted octanol–water partition coefficient (Wildman–Crippen LogP) is 1.82. The Morgan fingerprint density at radius 1 is 1.36 bits per heavy atom. The second-order valence-corrected chi connectivity index (χ2v) is 6.76. The Hall–Kier alpha value is -2.15. The van der Waals surface area contributed by atoms with Gasteiger partial charge in [0, 0.05) is 17.9 Å². The molecule has 7 nitrogen and oxygen atoms in total. The van der Waals surface area contributed by atoms with Crippen LogP contribution in [-0.2, 0) is 25.4 Å². The number of ketones is 1. The van der Waals surface area contributed by atoms with Crippen LogP contribution < -0.4 is 0 Å². The van der Waals surface area contributed by atoms with E-state index < -0.39 is 17.9 Å². The zero-order valence-electron chi connectivity index (χ0n) is 14.7. The largest absolute Gasteiger partial charge is 0.468 e. The zero-order valence-corrected chi connectivity index (χ0v) is 14.7. The second kappa shape index (κ2) is 7.00. The third kappa shape index (κ3) is 3.20. The first-order chi connectivity index (χ1) is 11.9. The highest BCUT2D eigenvalue weighted by atomic mass is 16.6. The minimum Gasteiger partial charge on any atom is -0.468 e. The highest BCUT2D eigenvalue weighted by Gasteiger charge is 2.42. The van der Waals surface area contributed by atoms with Crippen molar-refractivity contribution < 1.29 is 28.6 Å². The Morgan fingerprint density at radius 2 is 2.12 bits per heavy atom. The number of rotatable bonds is 4. The van der Waals surface area contributed by atoms with E-state index in [9.17, 15) is 14.4 Å². The van der Waals surface area contributed by atoms with Gasteiger partial charge in [0.1, 0.15) is 18.2 Å². The number of carbonyl (C=O) groups excluding carboxylic acids is 3. The highest BCUT2D eigenvalue weighted by molar-refractivity contribution is 6.12. The molecule has 0 aromatic carbocycles. The predicted molar refractivity (Wildman–Crippen MR) is 87.5 cm³/mol. The monoisotopic (exact) mass is 349 g/mol. The molecule has 1 fully saturated rings. The van der Waals surface area contributed by atoms with Crippen molar-refractivity contribution in [3.05, 3.63) is 22.5 Å². The first kappa shape index (κ1) is 17.7. The highest BCUT2D eigenvalue weighted by Crippen LogP contribution is 2.34. The van der Waals surface area contributed by atoms with Crippen molar-refractivity contribution in [2.45, 2.75) is 39.2 Å². The third-order valence-electron chi connectivity index (χ3n) is 5.04.